The zero-order valence-corrected chi connectivity index (χ0v) is 20.7. The van der Waals surface area contributed by atoms with Crippen LogP contribution >= 0.6 is 15.9 Å². The van der Waals surface area contributed by atoms with Crippen molar-refractivity contribution in [2.75, 3.05) is 23.8 Å². The van der Waals surface area contributed by atoms with Gasteiger partial charge in [0, 0.05) is 11.4 Å². The van der Waals surface area contributed by atoms with E-state index in [-0.39, 0.29) is 6.61 Å². The fourth-order valence-corrected chi connectivity index (χ4v) is 3.54. The maximum Gasteiger partial charge on any atom is 0.339 e. The van der Waals surface area contributed by atoms with Gasteiger partial charge in [-0.1, -0.05) is 18.2 Å². The molecule has 35 heavy (non-hydrogen) atoms. The van der Waals surface area contributed by atoms with E-state index in [9.17, 15) is 14.0 Å². The number of halogens is 2. The first-order valence-corrected chi connectivity index (χ1v) is 11.4. The molecule has 0 aliphatic carbocycles. The highest BCUT2D eigenvalue weighted by Crippen LogP contribution is 2.36. The Hall–Kier alpha value is -3.92. The summed E-state index contributed by atoms with van der Waals surface area (Å²) in [5.41, 5.74) is 5.11. The summed E-state index contributed by atoms with van der Waals surface area (Å²) in [5, 5.41) is 9.32. The molecule has 10 heteroatoms. The highest BCUT2D eigenvalue weighted by atomic mass is 79.9. The number of hydrogen-bond acceptors (Lipinski definition) is 5. The van der Waals surface area contributed by atoms with Gasteiger partial charge in [0.25, 0.3) is 5.91 Å². The average molecular weight is 543 g/mol. The van der Waals surface area contributed by atoms with Crippen LogP contribution in [0.2, 0.25) is 0 Å². The second-order valence-electron chi connectivity index (χ2n) is 7.25. The molecule has 182 valence electrons. The molecule has 0 unspecified atom stereocenters. The Morgan fingerprint density at radius 2 is 1.80 bits per heavy atom. The maximum absolute atomic E-state index is 13.0. The molecule has 3 rings (SSSR count). The van der Waals surface area contributed by atoms with Crippen molar-refractivity contribution in [3.8, 4) is 11.5 Å². The van der Waals surface area contributed by atoms with Crippen molar-refractivity contribution in [3.05, 3.63) is 82.1 Å². The number of rotatable bonds is 9. The largest absolute Gasteiger partial charge is 0.490 e. The third kappa shape index (κ3) is 7.82. The van der Waals surface area contributed by atoms with Gasteiger partial charge in [-0.25, -0.2) is 14.6 Å². The zero-order valence-electron chi connectivity index (χ0n) is 19.1. The van der Waals surface area contributed by atoms with Gasteiger partial charge in [-0.15, -0.1) is 0 Å². The molecule has 0 saturated carbocycles. The van der Waals surface area contributed by atoms with Crippen molar-refractivity contribution < 1.29 is 23.5 Å². The minimum absolute atomic E-state index is 0.288. The van der Waals surface area contributed by atoms with E-state index in [0.29, 0.717) is 39.5 Å². The summed E-state index contributed by atoms with van der Waals surface area (Å²) in [4.78, 5) is 24.3. The van der Waals surface area contributed by atoms with Gasteiger partial charge >= 0.3 is 6.03 Å². The second kappa shape index (κ2) is 12.5. The quantitative estimate of drug-likeness (QED) is 0.246. The van der Waals surface area contributed by atoms with Crippen LogP contribution in [0, 0.1) is 12.7 Å². The molecule has 0 spiro atoms. The number of anilines is 2. The van der Waals surface area contributed by atoms with Crippen LogP contribution in [-0.4, -0.2) is 31.4 Å². The van der Waals surface area contributed by atoms with Crippen molar-refractivity contribution in [1.82, 2.24) is 5.43 Å². The van der Waals surface area contributed by atoms with E-state index in [1.165, 1.54) is 30.5 Å². The molecule has 3 N–H and O–H groups in total. The standard InChI is InChI=1S/C25H24BrFN4O4/c1-3-34-22-13-17(14-28-31-25(33)30-21-7-5-4-6-16(21)2)12-20(26)24(22)35-15-23(32)29-19-10-8-18(27)9-11-19/h4-14H,3,15H2,1-2H3,(H,29,32)(H2,30,31,33). The molecule has 0 aromatic heterocycles. The number of ether oxygens (including phenoxy) is 2. The Bertz CT molecular complexity index is 1220. The number of amides is 3. The first-order chi connectivity index (χ1) is 16.9. The molecule has 0 aliphatic rings. The third-order valence-corrected chi connectivity index (χ3v) is 5.17. The molecule has 0 fully saturated rings. The number of nitrogens with one attached hydrogen (secondary N) is 3. The van der Waals surface area contributed by atoms with Crippen LogP contribution in [0.15, 0.2) is 70.2 Å². The van der Waals surface area contributed by atoms with Gasteiger partial charge in [0.2, 0.25) is 0 Å². The Morgan fingerprint density at radius 3 is 2.51 bits per heavy atom. The van der Waals surface area contributed by atoms with E-state index in [1.807, 2.05) is 32.0 Å². The predicted molar refractivity (Wildman–Crippen MR) is 137 cm³/mol. The van der Waals surface area contributed by atoms with E-state index >= 15 is 0 Å². The van der Waals surface area contributed by atoms with Crippen LogP contribution in [0.4, 0.5) is 20.6 Å². The summed E-state index contributed by atoms with van der Waals surface area (Å²) in [6.07, 6.45) is 1.45. The number of carbonyl (C=O) groups excluding carboxylic acids is 2. The highest BCUT2D eigenvalue weighted by molar-refractivity contribution is 9.10. The summed E-state index contributed by atoms with van der Waals surface area (Å²) in [7, 11) is 0. The van der Waals surface area contributed by atoms with Crippen molar-refractivity contribution in [2.24, 2.45) is 5.10 Å². The van der Waals surface area contributed by atoms with Crippen LogP contribution in [0.3, 0.4) is 0 Å². The second-order valence-corrected chi connectivity index (χ2v) is 8.10. The van der Waals surface area contributed by atoms with Crippen LogP contribution in [0.25, 0.3) is 0 Å². The normalized spacial score (nSPS) is 10.6. The van der Waals surface area contributed by atoms with E-state index in [1.54, 1.807) is 18.2 Å². The summed E-state index contributed by atoms with van der Waals surface area (Å²) in [5.74, 6) is -0.0819. The Balaban J connectivity index is 1.62. The number of hydrogen-bond donors (Lipinski definition) is 3. The number of aryl methyl sites for hydroxylation is 1. The van der Waals surface area contributed by atoms with Crippen LogP contribution in [-0.2, 0) is 4.79 Å². The monoisotopic (exact) mass is 542 g/mol. The van der Waals surface area contributed by atoms with Gasteiger partial charge in [-0.3, -0.25) is 4.79 Å². The first-order valence-electron chi connectivity index (χ1n) is 10.7. The van der Waals surface area contributed by atoms with E-state index in [0.717, 1.165) is 5.56 Å². The Morgan fingerprint density at radius 1 is 1.06 bits per heavy atom. The average Bonchev–Trinajstić information content (AvgIpc) is 2.82. The summed E-state index contributed by atoms with van der Waals surface area (Å²) < 4.78 is 24.9. The zero-order chi connectivity index (χ0) is 25.2. The SMILES string of the molecule is CCOc1cc(C=NNC(=O)Nc2ccccc2C)cc(Br)c1OCC(=O)Nc1ccc(F)cc1. The minimum Gasteiger partial charge on any atom is -0.490 e. The Labute approximate surface area is 210 Å². The minimum atomic E-state index is -0.480. The molecule has 8 nitrogen and oxygen atoms in total. The summed E-state index contributed by atoms with van der Waals surface area (Å²) >= 11 is 3.43. The predicted octanol–water partition coefficient (Wildman–Crippen LogP) is 5.47. The molecule has 3 amide bonds. The number of urea groups is 1. The molecule has 3 aromatic carbocycles. The molecule has 0 saturated heterocycles. The number of para-hydroxylation sites is 1. The fraction of sp³-hybridized carbons (Fsp3) is 0.160. The Kier molecular flexibility index (Phi) is 9.19. The first kappa shape index (κ1) is 25.7. The molecule has 0 radical (unpaired) electrons. The summed E-state index contributed by atoms with van der Waals surface area (Å²) in [6, 6.07) is 15.7. The summed E-state index contributed by atoms with van der Waals surface area (Å²) in [6.45, 7) is 3.78. The molecule has 0 heterocycles. The highest BCUT2D eigenvalue weighted by Gasteiger charge is 2.14. The van der Waals surface area contributed by atoms with Crippen molar-refractivity contribution >= 4 is 45.5 Å². The lowest BCUT2D eigenvalue weighted by Gasteiger charge is -2.14. The molecule has 3 aromatic rings. The van der Waals surface area contributed by atoms with E-state index in [2.05, 4.69) is 37.1 Å². The van der Waals surface area contributed by atoms with Gasteiger partial charge in [0.1, 0.15) is 5.82 Å². The van der Waals surface area contributed by atoms with E-state index in [4.69, 9.17) is 9.47 Å². The van der Waals surface area contributed by atoms with Gasteiger partial charge in [0.05, 0.1) is 17.3 Å². The number of carbonyl (C=O) groups is 2. The third-order valence-electron chi connectivity index (χ3n) is 4.58. The van der Waals surface area contributed by atoms with Gasteiger partial charge in [-0.05, 0) is 83.4 Å². The lowest BCUT2D eigenvalue weighted by molar-refractivity contribution is -0.118. The van der Waals surface area contributed by atoms with Crippen molar-refractivity contribution in [1.29, 1.82) is 0 Å². The van der Waals surface area contributed by atoms with Crippen LogP contribution in [0.5, 0.6) is 11.5 Å². The topological polar surface area (TPSA) is 101 Å². The number of benzene rings is 3. The van der Waals surface area contributed by atoms with Crippen molar-refractivity contribution in [2.45, 2.75) is 13.8 Å². The van der Waals surface area contributed by atoms with Gasteiger partial charge < -0.3 is 20.1 Å². The molecule has 0 aliphatic heterocycles. The smallest absolute Gasteiger partial charge is 0.339 e. The molecule has 0 bridgehead atoms. The number of hydrazone groups is 1. The fourth-order valence-electron chi connectivity index (χ4n) is 2.96. The molecule has 0 atom stereocenters. The molecular formula is C25H24BrFN4O4. The lowest BCUT2D eigenvalue weighted by atomic mass is 10.2. The lowest BCUT2D eigenvalue weighted by Crippen LogP contribution is -2.24. The van der Waals surface area contributed by atoms with Crippen molar-refractivity contribution in [3.63, 3.8) is 0 Å². The molecular weight excluding hydrogens is 519 g/mol. The maximum atomic E-state index is 13.0. The van der Waals surface area contributed by atoms with Crippen LogP contribution < -0.4 is 25.5 Å². The van der Waals surface area contributed by atoms with Gasteiger partial charge in [-0.2, -0.15) is 5.10 Å². The van der Waals surface area contributed by atoms with E-state index < -0.39 is 17.8 Å². The van der Waals surface area contributed by atoms with Crippen LogP contribution in [0.1, 0.15) is 18.1 Å². The number of nitrogens with zero attached hydrogens (tertiary/aromatic N) is 1. The van der Waals surface area contributed by atoms with Gasteiger partial charge in [0.15, 0.2) is 18.1 Å².